The van der Waals surface area contributed by atoms with Crippen molar-refractivity contribution in [2.75, 3.05) is 18.2 Å². The molecular weight excluding hydrogens is 225 g/mol. The van der Waals surface area contributed by atoms with Crippen LogP contribution in [0.4, 0.5) is 5.69 Å². The molecular formula is C10H18N3O2P. The van der Waals surface area contributed by atoms with E-state index in [0.29, 0.717) is 18.8 Å². The van der Waals surface area contributed by atoms with Crippen molar-refractivity contribution in [2.24, 2.45) is 0 Å². The molecule has 0 aromatic heterocycles. The second-order valence-electron chi connectivity index (χ2n) is 3.29. The minimum absolute atomic E-state index is 0.187. The van der Waals surface area contributed by atoms with Crippen LogP contribution in [-0.4, -0.2) is 18.2 Å². The molecule has 0 aliphatic carbocycles. The SMILES string of the molecule is CCNP(=O)(NCC)Nc1ccc(O)cc1. The lowest BCUT2D eigenvalue weighted by atomic mass is 10.3. The van der Waals surface area contributed by atoms with E-state index >= 15 is 0 Å². The Kier molecular flexibility index (Phi) is 4.80. The van der Waals surface area contributed by atoms with Crippen molar-refractivity contribution in [2.45, 2.75) is 13.8 Å². The van der Waals surface area contributed by atoms with Crippen LogP contribution in [0, 0.1) is 0 Å². The summed E-state index contributed by atoms with van der Waals surface area (Å²) in [6.07, 6.45) is 0. The van der Waals surface area contributed by atoms with Crippen LogP contribution < -0.4 is 15.3 Å². The molecule has 1 rings (SSSR count). The zero-order valence-electron chi connectivity index (χ0n) is 9.53. The highest BCUT2D eigenvalue weighted by atomic mass is 31.2. The number of hydrogen-bond acceptors (Lipinski definition) is 2. The largest absolute Gasteiger partial charge is 0.508 e. The molecule has 0 spiro atoms. The van der Waals surface area contributed by atoms with Crippen LogP contribution in [0.15, 0.2) is 24.3 Å². The van der Waals surface area contributed by atoms with Crippen molar-refractivity contribution in [3.8, 4) is 5.75 Å². The van der Waals surface area contributed by atoms with E-state index in [0.717, 1.165) is 0 Å². The van der Waals surface area contributed by atoms with Gasteiger partial charge < -0.3 is 10.2 Å². The third kappa shape index (κ3) is 3.85. The van der Waals surface area contributed by atoms with Crippen LogP contribution in [-0.2, 0) is 4.57 Å². The van der Waals surface area contributed by atoms with Gasteiger partial charge in [0.05, 0.1) is 0 Å². The molecule has 0 heterocycles. The summed E-state index contributed by atoms with van der Waals surface area (Å²) in [4.78, 5) is 0. The van der Waals surface area contributed by atoms with Gasteiger partial charge in [-0.1, -0.05) is 13.8 Å². The van der Waals surface area contributed by atoms with E-state index in [-0.39, 0.29) is 5.75 Å². The van der Waals surface area contributed by atoms with Crippen molar-refractivity contribution in [1.29, 1.82) is 0 Å². The molecule has 90 valence electrons. The van der Waals surface area contributed by atoms with Crippen molar-refractivity contribution in [3.05, 3.63) is 24.3 Å². The van der Waals surface area contributed by atoms with E-state index in [1.807, 2.05) is 13.8 Å². The van der Waals surface area contributed by atoms with E-state index in [4.69, 9.17) is 5.11 Å². The molecule has 0 fully saturated rings. The van der Waals surface area contributed by atoms with Gasteiger partial charge in [-0.3, -0.25) is 4.57 Å². The maximum atomic E-state index is 12.3. The number of phenols is 1. The summed E-state index contributed by atoms with van der Waals surface area (Å²) in [5, 5.41) is 17.8. The van der Waals surface area contributed by atoms with E-state index in [2.05, 4.69) is 15.3 Å². The van der Waals surface area contributed by atoms with Crippen molar-refractivity contribution in [1.82, 2.24) is 10.2 Å². The summed E-state index contributed by atoms with van der Waals surface area (Å²) in [5.41, 5.74) is 0.697. The number of anilines is 1. The molecule has 16 heavy (non-hydrogen) atoms. The Labute approximate surface area is 95.8 Å². The van der Waals surface area contributed by atoms with E-state index in [9.17, 15) is 4.57 Å². The van der Waals surface area contributed by atoms with Gasteiger partial charge in [-0.15, -0.1) is 0 Å². The average Bonchev–Trinajstić information content (AvgIpc) is 2.22. The van der Waals surface area contributed by atoms with Gasteiger partial charge in [0.25, 0.3) is 0 Å². The Balaban J connectivity index is 2.75. The summed E-state index contributed by atoms with van der Waals surface area (Å²) in [5.74, 6) is 0.187. The van der Waals surface area contributed by atoms with Gasteiger partial charge in [0.2, 0.25) is 0 Å². The highest BCUT2D eigenvalue weighted by molar-refractivity contribution is 7.61. The third-order valence-electron chi connectivity index (χ3n) is 1.92. The molecule has 0 aliphatic heterocycles. The van der Waals surface area contributed by atoms with Gasteiger partial charge in [0.1, 0.15) is 5.75 Å². The molecule has 0 bridgehead atoms. The van der Waals surface area contributed by atoms with Crippen LogP contribution in [0.3, 0.4) is 0 Å². The quantitative estimate of drug-likeness (QED) is 0.455. The second kappa shape index (κ2) is 5.89. The average molecular weight is 243 g/mol. The Morgan fingerprint density at radius 1 is 1.12 bits per heavy atom. The first kappa shape index (κ1) is 13.0. The molecule has 0 aliphatic rings. The van der Waals surface area contributed by atoms with Crippen LogP contribution in [0.2, 0.25) is 0 Å². The number of hydrogen-bond donors (Lipinski definition) is 4. The highest BCUT2D eigenvalue weighted by Gasteiger charge is 2.18. The Hall–Kier alpha value is -1.03. The van der Waals surface area contributed by atoms with Gasteiger partial charge in [-0.05, 0) is 24.3 Å². The molecule has 4 N–H and O–H groups in total. The highest BCUT2D eigenvalue weighted by Crippen LogP contribution is 2.36. The molecule has 0 radical (unpaired) electrons. The maximum absolute atomic E-state index is 12.3. The summed E-state index contributed by atoms with van der Waals surface area (Å²) in [7, 11) is -2.79. The number of nitrogens with one attached hydrogen (secondary N) is 3. The molecule has 1 aromatic rings. The Bertz CT molecular complexity index is 357. The summed E-state index contributed by atoms with van der Waals surface area (Å²) >= 11 is 0. The van der Waals surface area contributed by atoms with Crippen LogP contribution in [0.1, 0.15) is 13.8 Å². The van der Waals surface area contributed by atoms with Crippen molar-refractivity contribution >= 4 is 13.3 Å². The number of rotatable bonds is 6. The normalized spacial score (nSPS) is 11.4. The fraction of sp³-hybridized carbons (Fsp3) is 0.400. The van der Waals surface area contributed by atoms with Gasteiger partial charge in [-0.2, -0.15) is 0 Å². The van der Waals surface area contributed by atoms with Gasteiger partial charge in [-0.25, -0.2) is 10.2 Å². The zero-order chi connectivity index (χ0) is 12.0. The minimum Gasteiger partial charge on any atom is -0.508 e. The molecule has 0 atom stereocenters. The van der Waals surface area contributed by atoms with E-state index in [1.165, 1.54) is 0 Å². The van der Waals surface area contributed by atoms with E-state index < -0.39 is 7.59 Å². The minimum atomic E-state index is -2.79. The molecule has 0 saturated carbocycles. The topological polar surface area (TPSA) is 73.4 Å². The zero-order valence-corrected chi connectivity index (χ0v) is 10.4. The fourth-order valence-corrected chi connectivity index (χ4v) is 2.97. The lowest BCUT2D eigenvalue weighted by molar-refractivity contribution is 0.475. The fourth-order valence-electron chi connectivity index (χ4n) is 1.30. The Morgan fingerprint density at radius 2 is 1.62 bits per heavy atom. The number of phenolic OH excluding ortho intramolecular Hbond substituents is 1. The first-order valence-corrected chi connectivity index (χ1v) is 6.98. The van der Waals surface area contributed by atoms with Crippen LogP contribution >= 0.6 is 7.59 Å². The first-order chi connectivity index (χ1) is 7.59. The lowest BCUT2D eigenvalue weighted by Gasteiger charge is -2.21. The van der Waals surface area contributed by atoms with Crippen LogP contribution in [0.5, 0.6) is 5.75 Å². The standard InChI is InChI=1S/C10H18N3O2P/c1-3-11-16(15,12-4-2)13-9-5-7-10(14)8-6-9/h5-8,14H,3-4H2,1-2H3,(H3,11,12,13,15). The third-order valence-corrected chi connectivity index (χ3v) is 4.01. The lowest BCUT2D eigenvalue weighted by Crippen LogP contribution is -2.26. The van der Waals surface area contributed by atoms with Crippen molar-refractivity contribution in [3.63, 3.8) is 0 Å². The molecule has 0 amide bonds. The molecule has 1 aromatic carbocycles. The second-order valence-corrected chi connectivity index (χ2v) is 5.37. The number of aromatic hydroxyl groups is 1. The van der Waals surface area contributed by atoms with E-state index in [1.54, 1.807) is 24.3 Å². The maximum Gasteiger partial charge on any atom is 0.303 e. The Morgan fingerprint density at radius 3 is 2.06 bits per heavy atom. The smallest absolute Gasteiger partial charge is 0.303 e. The molecule has 0 unspecified atom stereocenters. The summed E-state index contributed by atoms with van der Waals surface area (Å²) in [6, 6.07) is 6.45. The van der Waals surface area contributed by atoms with Crippen LogP contribution in [0.25, 0.3) is 0 Å². The first-order valence-electron chi connectivity index (χ1n) is 5.27. The monoisotopic (exact) mass is 243 g/mol. The molecule has 0 saturated heterocycles. The predicted molar refractivity (Wildman–Crippen MR) is 66.7 cm³/mol. The number of benzene rings is 1. The van der Waals surface area contributed by atoms with Gasteiger partial charge in [0, 0.05) is 18.8 Å². The summed E-state index contributed by atoms with van der Waals surface area (Å²) < 4.78 is 12.3. The molecule has 5 nitrogen and oxygen atoms in total. The summed E-state index contributed by atoms with van der Waals surface area (Å²) in [6.45, 7) is 5.00. The van der Waals surface area contributed by atoms with Gasteiger partial charge in [0.15, 0.2) is 0 Å². The van der Waals surface area contributed by atoms with Crippen molar-refractivity contribution < 1.29 is 9.67 Å². The predicted octanol–water partition coefficient (Wildman–Crippen LogP) is 2.13. The van der Waals surface area contributed by atoms with Gasteiger partial charge >= 0.3 is 7.59 Å². The molecule has 6 heteroatoms.